The van der Waals surface area contributed by atoms with Crippen molar-refractivity contribution in [1.29, 1.82) is 0 Å². The average Bonchev–Trinajstić information content (AvgIpc) is 2.59. The van der Waals surface area contributed by atoms with Crippen LogP contribution in [0.15, 0.2) is 30.3 Å². The summed E-state index contributed by atoms with van der Waals surface area (Å²) >= 11 is 0. The molecule has 0 saturated carbocycles. The van der Waals surface area contributed by atoms with Crippen LogP contribution in [0.2, 0.25) is 0 Å². The Labute approximate surface area is 139 Å². The zero-order valence-corrected chi connectivity index (χ0v) is 13.3. The Morgan fingerprint density at radius 3 is 2.75 bits per heavy atom. The number of hydrogen-bond donors (Lipinski definition) is 0. The molecule has 2 aromatic rings. The maximum absolute atomic E-state index is 13.8. The number of ether oxygens (including phenoxy) is 1. The van der Waals surface area contributed by atoms with Crippen molar-refractivity contribution in [1.82, 2.24) is 15.1 Å². The van der Waals surface area contributed by atoms with Gasteiger partial charge in [0.05, 0.1) is 5.69 Å². The summed E-state index contributed by atoms with van der Waals surface area (Å²) in [6, 6.07) is 6.79. The van der Waals surface area contributed by atoms with Crippen LogP contribution in [-0.2, 0) is 0 Å². The smallest absolute Gasteiger partial charge is 0.233 e. The van der Waals surface area contributed by atoms with Gasteiger partial charge in [0.15, 0.2) is 0 Å². The standard InChI is InChI=1S/C18H19F2N3O/c19-13-3-4-14(15(20)10-13)16-5-6-18(22-21-16)24-17-7-9-23-8-1-2-12(17)11-23/h3-6,10,12,17H,1-2,7-9,11H2/t12-,17-/m0/s1. The monoisotopic (exact) mass is 331 g/mol. The molecule has 24 heavy (non-hydrogen) atoms. The van der Waals surface area contributed by atoms with Gasteiger partial charge in [0.1, 0.15) is 17.7 Å². The van der Waals surface area contributed by atoms with E-state index in [0.717, 1.165) is 25.6 Å². The summed E-state index contributed by atoms with van der Waals surface area (Å²) in [6.45, 7) is 3.35. The quantitative estimate of drug-likeness (QED) is 0.865. The van der Waals surface area contributed by atoms with Crippen molar-refractivity contribution >= 4 is 0 Å². The first kappa shape index (κ1) is 15.4. The summed E-state index contributed by atoms with van der Waals surface area (Å²) in [5.74, 6) is -0.246. The molecular weight excluding hydrogens is 312 g/mol. The van der Waals surface area contributed by atoms with Crippen molar-refractivity contribution in [3.63, 3.8) is 0 Å². The van der Waals surface area contributed by atoms with Crippen molar-refractivity contribution in [2.75, 3.05) is 19.6 Å². The summed E-state index contributed by atoms with van der Waals surface area (Å²) < 4.78 is 32.8. The average molecular weight is 331 g/mol. The summed E-state index contributed by atoms with van der Waals surface area (Å²) in [7, 11) is 0. The molecule has 1 aromatic heterocycles. The van der Waals surface area contributed by atoms with Crippen LogP contribution in [0.25, 0.3) is 11.3 Å². The minimum absolute atomic E-state index is 0.171. The summed E-state index contributed by atoms with van der Waals surface area (Å²) in [6.07, 6.45) is 3.58. The Balaban J connectivity index is 1.47. The lowest BCUT2D eigenvalue weighted by atomic mass is 9.87. The molecule has 4 nitrogen and oxygen atoms in total. The fourth-order valence-corrected chi connectivity index (χ4v) is 3.68. The predicted octanol–water partition coefficient (Wildman–Crippen LogP) is 3.28. The molecule has 0 spiro atoms. The molecule has 0 radical (unpaired) electrons. The van der Waals surface area contributed by atoms with Crippen LogP contribution in [0.4, 0.5) is 8.78 Å². The van der Waals surface area contributed by atoms with Crippen LogP contribution in [0, 0.1) is 17.6 Å². The van der Waals surface area contributed by atoms with E-state index in [-0.39, 0.29) is 11.7 Å². The number of aromatic nitrogens is 2. The number of rotatable bonds is 3. The van der Waals surface area contributed by atoms with Gasteiger partial charge < -0.3 is 9.64 Å². The first-order chi connectivity index (χ1) is 11.7. The fraction of sp³-hybridized carbons (Fsp3) is 0.444. The van der Waals surface area contributed by atoms with Gasteiger partial charge in [-0.25, -0.2) is 8.78 Å². The van der Waals surface area contributed by atoms with Crippen LogP contribution >= 0.6 is 0 Å². The summed E-state index contributed by atoms with van der Waals surface area (Å²) in [5, 5.41) is 8.11. The van der Waals surface area contributed by atoms with Crippen molar-refractivity contribution < 1.29 is 13.5 Å². The Hall–Kier alpha value is -2.08. The highest BCUT2D eigenvalue weighted by Crippen LogP contribution is 2.29. The number of benzene rings is 1. The number of piperidine rings is 2. The second-order valence-electron chi connectivity index (χ2n) is 6.53. The van der Waals surface area contributed by atoms with Crippen LogP contribution < -0.4 is 4.74 Å². The normalized spacial score (nSPS) is 26.2. The minimum Gasteiger partial charge on any atom is -0.473 e. The van der Waals surface area contributed by atoms with E-state index >= 15 is 0 Å². The maximum atomic E-state index is 13.8. The molecule has 0 amide bonds. The fourth-order valence-electron chi connectivity index (χ4n) is 3.68. The zero-order chi connectivity index (χ0) is 16.5. The van der Waals surface area contributed by atoms with Crippen LogP contribution in [0.3, 0.4) is 0 Å². The highest BCUT2D eigenvalue weighted by molar-refractivity contribution is 5.59. The Morgan fingerprint density at radius 2 is 1.96 bits per heavy atom. The molecule has 3 heterocycles. The van der Waals surface area contributed by atoms with Crippen molar-refractivity contribution in [3.05, 3.63) is 42.0 Å². The molecule has 2 saturated heterocycles. The Morgan fingerprint density at radius 1 is 1.04 bits per heavy atom. The lowest BCUT2D eigenvalue weighted by Crippen LogP contribution is -2.49. The van der Waals surface area contributed by atoms with Gasteiger partial charge in [-0.05, 0) is 44.0 Å². The van der Waals surface area contributed by atoms with E-state index in [1.165, 1.54) is 31.5 Å². The SMILES string of the molecule is Fc1ccc(-c2ccc(O[C@H]3CC[N@@]4CCC[C@H]3C4)nn2)c(F)c1. The number of fused-ring (bicyclic) bond motifs is 2. The van der Waals surface area contributed by atoms with E-state index in [2.05, 4.69) is 15.1 Å². The van der Waals surface area contributed by atoms with Gasteiger partial charge in [-0.3, -0.25) is 0 Å². The van der Waals surface area contributed by atoms with Crippen molar-refractivity contribution in [3.8, 4) is 17.1 Å². The molecule has 2 aliphatic rings. The number of nitrogens with zero attached hydrogens (tertiary/aromatic N) is 3. The number of halogens is 2. The molecule has 1 aromatic carbocycles. The highest BCUT2D eigenvalue weighted by atomic mass is 19.1. The largest absolute Gasteiger partial charge is 0.473 e. The van der Waals surface area contributed by atoms with Crippen LogP contribution in [0.5, 0.6) is 5.88 Å². The van der Waals surface area contributed by atoms with Crippen molar-refractivity contribution in [2.24, 2.45) is 5.92 Å². The molecule has 2 bridgehead atoms. The summed E-state index contributed by atoms with van der Waals surface area (Å²) in [4.78, 5) is 2.49. The predicted molar refractivity (Wildman–Crippen MR) is 85.6 cm³/mol. The maximum Gasteiger partial charge on any atom is 0.233 e. The highest BCUT2D eigenvalue weighted by Gasteiger charge is 2.33. The van der Waals surface area contributed by atoms with Crippen molar-refractivity contribution in [2.45, 2.75) is 25.4 Å². The molecule has 2 fully saturated rings. The van der Waals surface area contributed by atoms with E-state index in [1.807, 2.05) is 0 Å². The van der Waals surface area contributed by atoms with Gasteiger partial charge in [0, 0.05) is 36.7 Å². The molecule has 0 unspecified atom stereocenters. The van der Waals surface area contributed by atoms with Gasteiger partial charge in [0.25, 0.3) is 0 Å². The van der Waals surface area contributed by atoms with Crippen LogP contribution in [-0.4, -0.2) is 40.8 Å². The van der Waals surface area contributed by atoms with E-state index in [9.17, 15) is 8.78 Å². The molecular formula is C18H19F2N3O. The van der Waals surface area contributed by atoms with E-state index < -0.39 is 11.6 Å². The van der Waals surface area contributed by atoms with E-state index in [4.69, 9.17) is 4.74 Å². The topological polar surface area (TPSA) is 38.2 Å². The lowest BCUT2D eigenvalue weighted by Gasteiger charge is -2.42. The van der Waals surface area contributed by atoms with E-state index in [0.29, 0.717) is 17.5 Å². The molecule has 0 aliphatic carbocycles. The van der Waals surface area contributed by atoms with Gasteiger partial charge in [-0.2, -0.15) is 0 Å². The van der Waals surface area contributed by atoms with Gasteiger partial charge >= 0.3 is 0 Å². The molecule has 2 aliphatic heterocycles. The third kappa shape index (κ3) is 3.11. The third-order valence-corrected chi connectivity index (χ3v) is 4.92. The first-order valence-electron chi connectivity index (χ1n) is 8.37. The molecule has 3 atom stereocenters. The molecule has 4 rings (SSSR count). The molecule has 126 valence electrons. The number of hydrogen-bond acceptors (Lipinski definition) is 4. The minimum atomic E-state index is -0.646. The first-order valence-corrected chi connectivity index (χ1v) is 8.37. The Bertz CT molecular complexity index is 723. The second-order valence-corrected chi connectivity index (χ2v) is 6.53. The Kier molecular flexibility index (Phi) is 4.14. The molecule has 0 N–H and O–H groups in total. The second kappa shape index (κ2) is 6.43. The lowest BCUT2D eigenvalue weighted by molar-refractivity contribution is 0.0123. The van der Waals surface area contributed by atoms with E-state index in [1.54, 1.807) is 12.1 Å². The summed E-state index contributed by atoms with van der Waals surface area (Å²) in [5.41, 5.74) is 0.600. The van der Waals surface area contributed by atoms with Gasteiger partial charge in [-0.1, -0.05) is 0 Å². The molecule has 6 heteroatoms. The third-order valence-electron chi connectivity index (χ3n) is 4.92. The van der Waals surface area contributed by atoms with Gasteiger partial charge in [-0.15, -0.1) is 10.2 Å². The van der Waals surface area contributed by atoms with Gasteiger partial charge in [0.2, 0.25) is 5.88 Å². The zero-order valence-electron chi connectivity index (χ0n) is 13.3. The van der Waals surface area contributed by atoms with Crippen LogP contribution in [0.1, 0.15) is 19.3 Å².